The van der Waals surface area contributed by atoms with Crippen molar-refractivity contribution in [3.05, 3.63) is 65.0 Å². The van der Waals surface area contributed by atoms with Crippen LogP contribution in [0.25, 0.3) is 5.76 Å². The molecule has 2 aromatic rings. The fourth-order valence-electron chi connectivity index (χ4n) is 5.12. The molecule has 1 unspecified atom stereocenters. The molecule has 3 aliphatic rings. The Hall–Kier alpha value is -3.15. The number of carbonyl (C=O) groups is 2. The van der Waals surface area contributed by atoms with Gasteiger partial charge in [0.05, 0.1) is 18.2 Å². The van der Waals surface area contributed by atoms with Crippen molar-refractivity contribution in [2.75, 3.05) is 6.61 Å². The smallest absolute Gasteiger partial charge is 0.295 e. The van der Waals surface area contributed by atoms with E-state index in [4.69, 9.17) is 4.74 Å². The van der Waals surface area contributed by atoms with Crippen molar-refractivity contribution < 1.29 is 19.4 Å². The lowest BCUT2D eigenvalue weighted by Gasteiger charge is -2.35. The molecule has 1 saturated heterocycles. The van der Waals surface area contributed by atoms with Gasteiger partial charge in [-0.25, -0.2) is 0 Å². The highest BCUT2D eigenvalue weighted by molar-refractivity contribution is 6.46. The molecule has 0 bridgehead atoms. The molecule has 0 spiro atoms. The number of hydrogen-bond acceptors (Lipinski definition) is 5. The van der Waals surface area contributed by atoms with Crippen molar-refractivity contribution in [3.8, 4) is 5.75 Å². The van der Waals surface area contributed by atoms with E-state index in [-0.39, 0.29) is 17.4 Å². The first-order valence-electron chi connectivity index (χ1n) is 11.1. The van der Waals surface area contributed by atoms with Crippen LogP contribution in [-0.2, 0) is 16.0 Å². The predicted octanol–water partition coefficient (Wildman–Crippen LogP) is 4.16. The Balaban J connectivity index is 1.63. The van der Waals surface area contributed by atoms with E-state index in [1.54, 1.807) is 23.4 Å². The second-order valence-electron chi connectivity index (χ2n) is 8.55. The monoisotopic (exact) mass is 418 g/mol. The van der Waals surface area contributed by atoms with Gasteiger partial charge in [-0.3, -0.25) is 14.6 Å². The maximum absolute atomic E-state index is 13.2. The number of ether oxygens (including phenoxy) is 1. The summed E-state index contributed by atoms with van der Waals surface area (Å²) in [6, 6.07) is 8.52. The maximum atomic E-state index is 13.2. The number of amides is 1. The normalized spacial score (nSPS) is 23.5. The molecule has 0 radical (unpaired) electrons. The first-order valence-corrected chi connectivity index (χ1v) is 11.1. The van der Waals surface area contributed by atoms with Crippen LogP contribution in [0.5, 0.6) is 5.75 Å². The zero-order valence-electron chi connectivity index (χ0n) is 17.4. The third-order valence-electron chi connectivity index (χ3n) is 6.65. The Labute approximate surface area is 181 Å². The van der Waals surface area contributed by atoms with E-state index in [0.29, 0.717) is 12.2 Å². The number of ketones is 1. The molecule has 1 saturated carbocycles. The van der Waals surface area contributed by atoms with Crippen LogP contribution in [0.2, 0.25) is 0 Å². The molecular weight excluding hydrogens is 392 g/mol. The van der Waals surface area contributed by atoms with Gasteiger partial charge >= 0.3 is 0 Å². The summed E-state index contributed by atoms with van der Waals surface area (Å²) in [5.74, 6) is -0.432. The van der Waals surface area contributed by atoms with Crippen LogP contribution in [-0.4, -0.2) is 39.3 Å². The number of aromatic nitrogens is 1. The van der Waals surface area contributed by atoms with E-state index in [0.717, 1.165) is 61.8 Å². The van der Waals surface area contributed by atoms with Crippen LogP contribution < -0.4 is 4.74 Å². The lowest BCUT2D eigenvalue weighted by molar-refractivity contribution is -0.141. The van der Waals surface area contributed by atoms with Gasteiger partial charge in [0.1, 0.15) is 11.5 Å². The minimum atomic E-state index is -0.612. The third kappa shape index (κ3) is 3.50. The number of aliphatic hydroxyl groups excluding tert-OH is 1. The second kappa shape index (κ2) is 8.17. The molecule has 1 N–H and O–H groups in total. The van der Waals surface area contributed by atoms with Crippen molar-refractivity contribution in [3.63, 3.8) is 0 Å². The van der Waals surface area contributed by atoms with Crippen LogP contribution in [0.3, 0.4) is 0 Å². The van der Waals surface area contributed by atoms with Gasteiger partial charge in [0.2, 0.25) is 0 Å². The number of nitrogens with zero attached hydrogens (tertiary/aromatic N) is 2. The van der Waals surface area contributed by atoms with Gasteiger partial charge in [0.25, 0.3) is 11.7 Å². The fraction of sp³-hybridized carbons (Fsp3) is 0.400. The predicted molar refractivity (Wildman–Crippen MR) is 116 cm³/mol. The lowest BCUT2D eigenvalue weighted by atomic mass is 9.91. The number of carbonyl (C=O) groups excluding carboxylic acids is 2. The number of benzene rings is 1. The SMILES string of the molecule is O=C1C(=O)N(C2CCCCC2)C(c2ccncc2)/C1=C(/O)c1ccc2c(c1)CCCO2. The molecule has 3 heterocycles. The van der Waals surface area contributed by atoms with Crippen molar-refractivity contribution in [2.45, 2.75) is 57.0 Å². The van der Waals surface area contributed by atoms with E-state index >= 15 is 0 Å². The molecule has 5 rings (SSSR count). The number of pyridine rings is 1. The standard InChI is InChI=1S/C25H26N2O4/c28-23(18-8-9-20-17(15-18)5-4-14-31-20)21-22(16-10-12-26-13-11-16)27(25(30)24(21)29)19-6-2-1-3-7-19/h8-13,15,19,22,28H,1-7,14H2/b23-21-. The minimum absolute atomic E-state index is 0.00518. The van der Waals surface area contributed by atoms with Gasteiger partial charge < -0.3 is 14.7 Å². The fourth-order valence-corrected chi connectivity index (χ4v) is 5.12. The lowest BCUT2D eigenvalue weighted by Crippen LogP contribution is -2.40. The number of aliphatic hydroxyl groups is 1. The van der Waals surface area contributed by atoms with Gasteiger partial charge in [-0.05, 0) is 67.1 Å². The maximum Gasteiger partial charge on any atom is 0.295 e. The molecule has 1 aliphatic carbocycles. The van der Waals surface area contributed by atoms with Crippen LogP contribution in [0.1, 0.15) is 61.3 Å². The van der Waals surface area contributed by atoms with E-state index in [9.17, 15) is 14.7 Å². The summed E-state index contributed by atoms with van der Waals surface area (Å²) in [6.07, 6.45) is 10.1. The topological polar surface area (TPSA) is 79.7 Å². The number of aryl methyl sites for hydroxylation is 1. The Morgan fingerprint density at radius 3 is 2.58 bits per heavy atom. The van der Waals surface area contributed by atoms with Crippen LogP contribution in [0.4, 0.5) is 0 Å². The van der Waals surface area contributed by atoms with Crippen LogP contribution in [0, 0.1) is 0 Å². The number of fused-ring (bicyclic) bond motifs is 1. The first kappa shape index (κ1) is 19.8. The summed E-state index contributed by atoms with van der Waals surface area (Å²) >= 11 is 0. The van der Waals surface area contributed by atoms with Gasteiger partial charge in [0.15, 0.2) is 0 Å². The molecule has 31 heavy (non-hydrogen) atoms. The minimum Gasteiger partial charge on any atom is -0.507 e. The summed E-state index contributed by atoms with van der Waals surface area (Å²) in [4.78, 5) is 32.2. The van der Waals surface area contributed by atoms with E-state index in [1.807, 2.05) is 24.3 Å². The number of hydrogen-bond donors (Lipinski definition) is 1. The quantitative estimate of drug-likeness (QED) is 0.460. The summed E-state index contributed by atoms with van der Waals surface area (Å²) < 4.78 is 5.67. The van der Waals surface area contributed by atoms with Crippen molar-refractivity contribution >= 4 is 17.4 Å². The highest BCUT2D eigenvalue weighted by Gasteiger charge is 2.48. The largest absolute Gasteiger partial charge is 0.507 e. The molecule has 1 aromatic carbocycles. The summed E-state index contributed by atoms with van der Waals surface area (Å²) in [7, 11) is 0. The number of rotatable bonds is 3. The Morgan fingerprint density at radius 1 is 1.03 bits per heavy atom. The van der Waals surface area contributed by atoms with E-state index < -0.39 is 17.7 Å². The number of Topliss-reactive ketones (excluding diaryl/α,β-unsaturated/α-hetero) is 1. The number of likely N-dealkylation sites (tertiary alicyclic amines) is 1. The molecule has 6 nitrogen and oxygen atoms in total. The molecule has 2 fully saturated rings. The molecule has 6 heteroatoms. The molecule has 1 atom stereocenters. The highest BCUT2D eigenvalue weighted by Crippen LogP contribution is 2.43. The van der Waals surface area contributed by atoms with Gasteiger partial charge in [-0.15, -0.1) is 0 Å². The van der Waals surface area contributed by atoms with E-state index in [2.05, 4.69) is 4.98 Å². The van der Waals surface area contributed by atoms with Gasteiger partial charge in [-0.2, -0.15) is 0 Å². The average molecular weight is 418 g/mol. The summed E-state index contributed by atoms with van der Waals surface area (Å²) in [5.41, 5.74) is 2.52. The summed E-state index contributed by atoms with van der Waals surface area (Å²) in [5, 5.41) is 11.3. The first-order chi connectivity index (χ1) is 15.1. The third-order valence-corrected chi connectivity index (χ3v) is 6.65. The van der Waals surface area contributed by atoms with Gasteiger partial charge in [0, 0.05) is 24.0 Å². The molecule has 1 amide bonds. The molecular formula is C25H26N2O4. The van der Waals surface area contributed by atoms with Crippen molar-refractivity contribution in [2.24, 2.45) is 0 Å². The molecule has 160 valence electrons. The molecule has 1 aromatic heterocycles. The summed E-state index contributed by atoms with van der Waals surface area (Å²) in [6.45, 7) is 0.687. The average Bonchev–Trinajstić information content (AvgIpc) is 3.10. The van der Waals surface area contributed by atoms with E-state index in [1.165, 1.54) is 0 Å². The Kier molecular flexibility index (Phi) is 5.22. The van der Waals surface area contributed by atoms with Crippen LogP contribution in [0.15, 0.2) is 48.3 Å². The Morgan fingerprint density at radius 2 is 1.81 bits per heavy atom. The Bertz CT molecular complexity index is 1040. The molecule has 2 aliphatic heterocycles. The zero-order valence-corrected chi connectivity index (χ0v) is 17.4. The highest BCUT2D eigenvalue weighted by atomic mass is 16.5. The van der Waals surface area contributed by atoms with Gasteiger partial charge in [-0.1, -0.05) is 19.3 Å². The zero-order chi connectivity index (χ0) is 21.4. The van der Waals surface area contributed by atoms with Crippen LogP contribution >= 0.6 is 0 Å². The van der Waals surface area contributed by atoms with Crippen molar-refractivity contribution in [1.82, 2.24) is 9.88 Å². The second-order valence-corrected chi connectivity index (χ2v) is 8.55. The van der Waals surface area contributed by atoms with Crippen molar-refractivity contribution in [1.29, 1.82) is 0 Å².